The summed E-state index contributed by atoms with van der Waals surface area (Å²) in [6.07, 6.45) is 2.91. The van der Waals surface area contributed by atoms with Crippen LogP contribution in [0, 0.1) is 5.82 Å². The molecule has 0 aliphatic heterocycles. The van der Waals surface area contributed by atoms with Gasteiger partial charge in [-0.25, -0.2) is 9.37 Å². The van der Waals surface area contributed by atoms with Crippen LogP contribution in [-0.2, 0) is 6.54 Å². The molecule has 1 aromatic carbocycles. The van der Waals surface area contributed by atoms with E-state index in [2.05, 4.69) is 10.3 Å². The Morgan fingerprint density at radius 1 is 1.37 bits per heavy atom. The van der Waals surface area contributed by atoms with Gasteiger partial charge in [0, 0.05) is 24.4 Å². The largest absolute Gasteiger partial charge is 0.309 e. The number of benzene rings is 1. The Kier molecular flexibility index (Phi) is 4.41. The molecule has 2 aromatic rings. The van der Waals surface area contributed by atoms with Gasteiger partial charge in [-0.1, -0.05) is 25.1 Å². The van der Waals surface area contributed by atoms with Gasteiger partial charge in [0.05, 0.1) is 12.4 Å². The van der Waals surface area contributed by atoms with Crippen molar-refractivity contribution in [3.63, 3.8) is 0 Å². The van der Waals surface area contributed by atoms with Crippen LogP contribution < -0.4 is 10.9 Å². The number of hydrogen-bond donors (Lipinski definition) is 1. The van der Waals surface area contributed by atoms with Crippen molar-refractivity contribution in [3.8, 4) is 0 Å². The highest BCUT2D eigenvalue weighted by molar-refractivity contribution is 5.21. The highest BCUT2D eigenvalue weighted by atomic mass is 19.1. The quantitative estimate of drug-likeness (QED) is 0.891. The van der Waals surface area contributed by atoms with E-state index in [1.165, 1.54) is 29.2 Å². The number of nitrogens with zero attached hydrogens (tertiary/aromatic N) is 2. The zero-order valence-electron chi connectivity index (χ0n) is 10.7. The van der Waals surface area contributed by atoms with Gasteiger partial charge in [-0.05, 0) is 12.6 Å². The van der Waals surface area contributed by atoms with Crippen molar-refractivity contribution in [2.24, 2.45) is 0 Å². The van der Waals surface area contributed by atoms with Gasteiger partial charge >= 0.3 is 0 Å². The van der Waals surface area contributed by atoms with Crippen LogP contribution in [0.4, 0.5) is 4.39 Å². The average Bonchev–Trinajstić information content (AvgIpc) is 2.41. The Hall–Kier alpha value is -2.01. The van der Waals surface area contributed by atoms with E-state index in [1.807, 2.05) is 6.92 Å². The van der Waals surface area contributed by atoms with E-state index in [0.717, 1.165) is 0 Å². The molecule has 4 nitrogen and oxygen atoms in total. The summed E-state index contributed by atoms with van der Waals surface area (Å²) in [5, 5.41) is 3.19. The van der Waals surface area contributed by atoms with Crippen molar-refractivity contribution in [1.82, 2.24) is 14.9 Å². The van der Waals surface area contributed by atoms with Crippen LogP contribution in [-0.4, -0.2) is 16.1 Å². The first-order valence-electron chi connectivity index (χ1n) is 6.20. The molecule has 0 aliphatic carbocycles. The predicted octanol–water partition coefficient (Wildman–Crippen LogP) is 1.73. The van der Waals surface area contributed by atoms with Crippen molar-refractivity contribution in [1.29, 1.82) is 0 Å². The maximum absolute atomic E-state index is 13.8. The first-order chi connectivity index (χ1) is 9.22. The summed E-state index contributed by atoms with van der Waals surface area (Å²) in [5.74, 6) is -0.273. The minimum Gasteiger partial charge on any atom is -0.309 e. The number of hydrogen-bond acceptors (Lipinski definition) is 3. The maximum Gasteiger partial charge on any atom is 0.253 e. The summed E-state index contributed by atoms with van der Waals surface area (Å²) >= 11 is 0. The van der Waals surface area contributed by atoms with Crippen LogP contribution >= 0.6 is 0 Å². The zero-order chi connectivity index (χ0) is 13.7. The summed E-state index contributed by atoms with van der Waals surface area (Å²) in [4.78, 5) is 15.6. The van der Waals surface area contributed by atoms with E-state index < -0.39 is 0 Å². The molecule has 19 heavy (non-hydrogen) atoms. The number of likely N-dealkylation sites (N-methyl/N-ethyl adjacent to an activating group) is 1. The number of aromatic nitrogens is 2. The molecular formula is C14H16FN3O. The smallest absolute Gasteiger partial charge is 0.253 e. The van der Waals surface area contributed by atoms with Gasteiger partial charge in [0.25, 0.3) is 5.56 Å². The molecule has 0 spiro atoms. The lowest BCUT2D eigenvalue weighted by atomic mass is 10.1. The van der Waals surface area contributed by atoms with E-state index in [-0.39, 0.29) is 17.4 Å². The Morgan fingerprint density at radius 3 is 2.84 bits per heavy atom. The van der Waals surface area contributed by atoms with Crippen LogP contribution in [0.5, 0.6) is 0 Å². The fourth-order valence-electron chi connectivity index (χ4n) is 1.99. The van der Waals surface area contributed by atoms with Crippen LogP contribution in [0.15, 0.2) is 47.7 Å². The zero-order valence-corrected chi connectivity index (χ0v) is 10.7. The third-order valence-corrected chi connectivity index (χ3v) is 2.90. The maximum atomic E-state index is 13.8. The third-order valence-electron chi connectivity index (χ3n) is 2.90. The van der Waals surface area contributed by atoms with Crippen molar-refractivity contribution in [2.45, 2.75) is 19.5 Å². The fraction of sp³-hybridized carbons (Fsp3) is 0.286. The van der Waals surface area contributed by atoms with Crippen molar-refractivity contribution >= 4 is 0 Å². The monoisotopic (exact) mass is 261 g/mol. The number of nitrogens with one attached hydrogen (secondary N) is 1. The standard InChI is InChI=1S/C14H16FN3O/c1-2-17-13(11-5-3-4-6-12(11)15)9-18-10-16-8-7-14(18)19/h3-8,10,13,17H,2,9H2,1H3. The van der Waals surface area contributed by atoms with E-state index in [9.17, 15) is 9.18 Å². The van der Waals surface area contributed by atoms with Crippen molar-refractivity contribution < 1.29 is 4.39 Å². The minimum atomic E-state index is -0.273. The van der Waals surface area contributed by atoms with Gasteiger partial charge in [0.2, 0.25) is 0 Å². The summed E-state index contributed by atoms with van der Waals surface area (Å²) in [6.45, 7) is 2.98. The molecule has 2 rings (SSSR count). The molecular weight excluding hydrogens is 245 g/mol. The first-order valence-corrected chi connectivity index (χ1v) is 6.20. The van der Waals surface area contributed by atoms with Crippen molar-refractivity contribution in [2.75, 3.05) is 6.54 Å². The lowest BCUT2D eigenvalue weighted by Gasteiger charge is -2.19. The third kappa shape index (κ3) is 3.26. The number of rotatable bonds is 5. The molecule has 0 fully saturated rings. The van der Waals surface area contributed by atoms with Crippen LogP contribution in [0.1, 0.15) is 18.5 Å². The summed E-state index contributed by atoms with van der Waals surface area (Å²) in [5.41, 5.74) is 0.411. The van der Waals surface area contributed by atoms with E-state index in [4.69, 9.17) is 0 Å². The molecule has 0 radical (unpaired) electrons. The molecule has 1 aromatic heterocycles. The van der Waals surface area contributed by atoms with Gasteiger partial charge in [0.1, 0.15) is 5.82 Å². The second-order valence-electron chi connectivity index (χ2n) is 4.20. The van der Waals surface area contributed by atoms with Gasteiger partial charge in [0.15, 0.2) is 0 Å². The number of halogens is 1. The minimum absolute atomic E-state index is 0.144. The summed E-state index contributed by atoms with van der Waals surface area (Å²) in [6, 6.07) is 7.72. The SMILES string of the molecule is CCNC(Cn1cnccc1=O)c1ccccc1F. The topological polar surface area (TPSA) is 46.9 Å². The van der Waals surface area contributed by atoms with Crippen LogP contribution in [0.3, 0.4) is 0 Å². The Morgan fingerprint density at radius 2 is 2.16 bits per heavy atom. The predicted molar refractivity (Wildman–Crippen MR) is 71.3 cm³/mol. The average molecular weight is 261 g/mol. The highest BCUT2D eigenvalue weighted by Crippen LogP contribution is 2.17. The lowest BCUT2D eigenvalue weighted by molar-refractivity contribution is 0.444. The molecule has 0 aliphatic rings. The summed E-state index contributed by atoms with van der Waals surface area (Å²) in [7, 11) is 0. The second kappa shape index (κ2) is 6.24. The van der Waals surface area contributed by atoms with Gasteiger partial charge in [-0.15, -0.1) is 0 Å². The van der Waals surface area contributed by atoms with Gasteiger partial charge in [-0.2, -0.15) is 0 Å². The van der Waals surface area contributed by atoms with E-state index in [1.54, 1.807) is 18.2 Å². The highest BCUT2D eigenvalue weighted by Gasteiger charge is 2.15. The van der Waals surface area contributed by atoms with Crippen molar-refractivity contribution in [3.05, 3.63) is 64.6 Å². The van der Waals surface area contributed by atoms with E-state index >= 15 is 0 Å². The summed E-state index contributed by atoms with van der Waals surface area (Å²) < 4.78 is 15.3. The molecule has 0 saturated heterocycles. The normalized spacial score (nSPS) is 12.3. The molecule has 0 bridgehead atoms. The van der Waals surface area contributed by atoms with Crippen LogP contribution in [0.2, 0.25) is 0 Å². The first kappa shape index (κ1) is 13.4. The Balaban J connectivity index is 2.29. The Labute approximate surface area is 110 Å². The molecule has 1 heterocycles. The molecule has 1 atom stereocenters. The lowest BCUT2D eigenvalue weighted by Crippen LogP contribution is -2.30. The van der Waals surface area contributed by atoms with Gasteiger partial charge in [-0.3, -0.25) is 9.36 Å². The molecule has 0 saturated carbocycles. The van der Waals surface area contributed by atoms with E-state index in [0.29, 0.717) is 18.7 Å². The Bertz CT molecular complexity index is 597. The fourth-order valence-corrected chi connectivity index (χ4v) is 1.99. The molecule has 100 valence electrons. The molecule has 5 heteroatoms. The molecule has 1 N–H and O–H groups in total. The second-order valence-corrected chi connectivity index (χ2v) is 4.20. The molecule has 1 unspecified atom stereocenters. The van der Waals surface area contributed by atoms with Crippen LogP contribution in [0.25, 0.3) is 0 Å². The molecule has 0 amide bonds. The van der Waals surface area contributed by atoms with Gasteiger partial charge < -0.3 is 5.32 Å².